The predicted octanol–water partition coefficient (Wildman–Crippen LogP) is 2.51. The lowest BCUT2D eigenvalue weighted by molar-refractivity contribution is 0.276. The summed E-state index contributed by atoms with van der Waals surface area (Å²) in [6.07, 6.45) is 0.295. The van der Waals surface area contributed by atoms with Crippen molar-refractivity contribution in [2.45, 2.75) is 12.5 Å². The highest BCUT2D eigenvalue weighted by Gasteiger charge is 2.16. The highest BCUT2D eigenvalue weighted by molar-refractivity contribution is 6.36. The maximum atomic E-state index is 13.1. The topological polar surface area (TPSA) is 46.2 Å². The molecule has 0 aromatic heterocycles. The van der Waals surface area contributed by atoms with Gasteiger partial charge in [0.15, 0.2) is 0 Å². The Bertz CT molecular complexity index is 333. The molecule has 0 fully saturated rings. The standard InChI is InChI=1S/C9H10Cl2FNO/c10-5-1-2-6(12)9(11)8(5)7(13)3-4-14/h1-2,7,14H,3-4,13H2. The Hall–Kier alpha value is -0.350. The fraction of sp³-hybridized carbons (Fsp3) is 0.333. The van der Waals surface area contributed by atoms with Gasteiger partial charge in [-0.1, -0.05) is 23.2 Å². The van der Waals surface area contributed by atoms with Gasteiger partial charge in [0.25, 0.3) is 0 Å². The van der Waals surface area contributed by atoms with Crippen molar-refractivity contribution in [1.82, 2.24) is 0 Å². The lowest BCUT2D eigenvalue weighted by Gasteiger charge is -2.14. The van der Waals surface area contributed by atoms with Crippen molar-refractivity contribution in [2.24, 2.45) is 5.73 Å². The molecule has 5 heteroatoms. The Morgan fingerprint density at radius 2 is 2.07 bits per heavy atom. The van der Waals surface area contributed by atoms with Gasteiger partial charge >= 0.3 is 0 Å². The third-order valence-electron chi connectivity index (χ3n) is 1.89. The summed E-state index contributed by atoms with van der Waals surface area (Å²) in [4.78, 5) is 0. The van der Waals surface area contributed by atoms with Crippen LogP contribution in [-0.2, 0) is 0 Å². The molecule has 2 nitrogen and oxygen atoms in total. The molecule has 0 aliphatic heterocycles. The second-order valence-electron chi connectivity index (χ2n) is 2.88. The van der Waals surface area contributed by atoms with E-state index in [4.69, 9.17) is 34.0 Å². The molecule has 1 aromatic carbocycles. The zero-order chi connectivity index (χ0) is 10.7. The van der Waals surface area contributed by atoms with Crippen molar-refractivity contribution in [3.63, 3.8) is 0 Å². The first-order valence-electron chi connectivity index (χ1n) is 4.07. The minimum atomic E-state index is -0.556. The number of nitrogens with two attached hydrogens (primary N) is 1. The summed E-state index contributed by atoms with van der Waals surface area (Å²) in [5.41, 5.74) is 6.03. The predicted molar refractivity (Wildman–Crippen MR) is 55.1 cm³/mol. The van der Waals surface area contributed by atoms with Crippen LogP contribution in [0.25, 0.3) is 0 Å². The molecule has 0 saturated carbocycles. The van der Waals surface area contributed by atoms with Crippen molar-refractivity contribution in [2.75, 3.05) is 6.61 Å². The van der Waals surface area contributed by atoms with Crippen LogP contribution < -0.4 is 5.73 Å². The van der Waals surface area contributed by atoms with E-state index < -0.39 is 11.9 Å². The molecule has 0 spiro atoms. The van der Waals surface area contributed by atoms with E-state index in [0.29, 0.717) is 17.0 Å². The normalized spacial score (nSPS) is 12.9. The average molecular weight is 238 g/mol. The van der Waals surface area contributed by atoms with Gasteiger partial charge in [0.2, 0.25) is 0 Å². The lowest BCUT2D eigenvalue weighted by atomic mass is 10.0. The van der Waals surface area contributed by atoms with Gasteiger partial charge in [-0.25, -0.2) is 4.39 Å². The van der Waals surface area contributed by atoms with E-state index in [9.17, 15) is 4.39 Å². The van der Waals surface area contributed by atoms with Crippen LogP contribution in [0, 0.1) is 5.82 Å². The highest BCUT2D eigenvalue weighted by Crippen LogP contribution is 2.32. The smallest absolute Gasteiger partial charge is 0.142 e. The largest absolute Gasteiger partial charge is 0.396 e. The van der Waals surface area contributed by atoms with Gasteiger partial charge < -0.3 is 10.8 Å². The second kappa shape index (κ2) is 4.94. The third kappa shape index (κ3) is 2.36. The Kier molecular flexibility index (Phi) is 4.13. The molecule has 0 aliphatic carbocycles. The Labute approximate surface area is 91.4 Å². The molecule has 0 heterocycles. The van der Waals surface area contributed by atoms with Crippen molar-refractivity contribution in [1.29, 1.82) is 0 Å². The van der Waals surface area contributed by atoms with E-state index in [2.05, 4.69) is 0 Å². The van der Waals surface area contributed by atoms with E-state index in [1.165, 1.54) is 12.1 Å². The van der Waals surface area contributed by atoms with Crippen LogP contribution in [0.15, 0.2) is 12.1 Å². The number of halogens is 3. The van der Waals surface area contributed by atoms with E-state index >= 15 is 0 Å². The van der Waals surface area contributed by atoms with Crippen LogP contribution in [0.3, 0.4) is 0 Å². The highest BCUT2D eigenvalue weighted by atomic mass is 35.5. The summed E-state index contributed by atoms with van der Waals surface area (Å²) in [5.74, 6) is -0.556. The molecule has 0 radical (unpaired) electrons. The number of rotatable bonds is 3. The van der Waals surface area contributed by atoms with Gasteiger partial charge in [-0.3, -0.25) is 0 Å². The van der Waals surface area contributed by atoms with Gasteiger partial charge in [0, 0.05) is 23.2 Å². The molecule has 1 aromatic rings. The van der Waals surface area contributed by atoms with Crippen LogP contribution in [0.5, 0.6) is 0 Å². The van der Waals surface area contributed by atoms with Crippen molar-refractivity contribution in [3.8, 4) is 0 Å². The number of aliphatic hydroxyl groups is 1. The summed E-state index contributed by atoms with van der Waals surface area (Å²) in [6, 6.07) is 2.03. The molecule has 0 aliphatic rings. The molecular weight excluding hydrogens is 228 g/mol. The van der Waals surface area contributed by atoms with Crippen LogP contribution in [0.1, 0.15) is 18.0 Å². The van der Waals surface area contributed by atoms with Gasteiger partial charge in [0.1, 0.15) is 5.82 Å². The van der Waals surface area contributed by atoms with Crippen LogP contribution >= 0.6 is 23.2 Å². The maximum Gasteiger partial charge on any atom is 0.142 e. The van der Waals surface area contributed by atoms with Crippen molar-refractivity contribution >= 4 is 23.2 Å². The summed E-state index contributed by atoms with van der Waals surface area (Å²) >= 11 is 11.5. The Balaban J connectivity index is 3.11. The summed E-state index contributed by atoms with van der Waals surface area (Å²) in [6.45, 7) is -0.0929. The zero-order valence-electron chi connectivity index (χ0n) is 7.30. The van der Waals surface area contributed by atoms with Gasteiger partial charge in [-0.2, -0.15) is 0 Å². The molecule has 0 saturated heterocycles. The number of aliphatic hydroxyl groups excluding tert-OH is 1. The lowest BCUT2D eigenvalue weighted by Crippen LogP contribution is -2.13. The first-order chi connectivity index (χ1) is 6.57. The molecule has 0 bridgehead atoms. The summed E-state index contributed by atoms with van der Waals surface area (Å²) in [5, 5.41) is 8.94. The molecule has 0 amide bonds. The molecule has 3 N–H and O–H groups in total. The fourth-order valence-electron chi connectivity index (χ4n) is 1.17. The van der Waals surface area contributed by atoms with Crippen molar-refractivity contribution in [3.05, 3.63) is 33.6 Å². The van der Waals surface area contributed by atoms with Crippen LogP contribution in [0.4, 0.5) is 4.39 Å². The summed E-state index contributed by atoms with van der Waals surface area (Å²) < 4.78 is 13.1. The molecule has 1 unspecified atom stereocenters. The Morgan fingerprint density at radius 3 is 2.64 bits per heavy atom. The average Bonchev–Trinajstić information content (AvgIpc) is 2.13. The van der Waals surface area contributed by atoms with Gasteiger partial charge in [-0.15, -0.1) is 0 Å². The number of benzene rings is 1. The van der Waals surface area contributed by atoms with Crippen molar-refractivity contribution < 1.29 is 9.50 Å². The fourth-order valence-corrected chi connectivity index (χ4v) is 1.82. The minimum absolute atomic E-state index is 0.0709. The summed E-state index contributed by atoms with van der Waals surface area (Å²) in [7, 11) is 0. The maximum absolute atomic E-state index is 13.1. The van der Waals surface area contributed by atoms with E-state index in [-0.39, 0.29) is 11.6 Å². The van der Waals surface area contributed by atoms with E-state index in [1.54, 1.807) is 0 Å². The number of hydrogen-bond acceptors (Lipinski definition) is 2. The monoisotopic (exact) mass is 237 g/mol. The molecule has 1 rings (SSSR count). The number of hydrogen-bond donors (Lipinski definition) is 2. The van der Waals surface area contributed by atoms with E-state index in [0.717, 1.165) is 0 Å². The SMILES string of the molecule is NC(CCO)c1c(Cl)ccc(F)c1Cl. The molecular formula is C9H10Cl2FNO. The quantitative estimate of drug-likeness (QED) is 0.794. The first-order valence-corrected chi connectivity index (χ1v) is 4.83. The van der Waals surface area contributed by atoms with Gasteiger partial charge in [0.05, 0.1) is 5.02 Å². The molecule has 1 atom stereocenters. The Morgan fingerprint density at radius 1 is 1.43 bits per heavy atom. The second-order valence-corrected chi connectivity index (χ2v) is 3.66. The third-order valence-corrected chi connectivity index (χ3v) is 2.60. The van der Waals surface area contributed by atoms with Crippen LogP contribution in [-0.4, -0.2) is 11.7 Å². The van der Waals surface area contributed by atoms with Gasteiger partial charge in [-0.05, 0) is 18.6 Å². The first kappa shape index (κ1) is 11.7. The molecule has 78 valence electrons. The zero-order valence-corrected chi connectivity index (χ0v) is 8.82. The van der Waals surface area contributed by atoms with Crippen LogP contribution in [0.2, 0.25) is 10.0 Å². The minimum Gasteiger partial charge on any atom is -0.396 e. The van der Waals surface area contributed by atoms with E-state index in [1.807, 2.05) is 0 Å². The molecule has 14 heavy (non-hydrogen) atoms.